The number of benzene rings is 1. The van der Waals surface area contributed by atoms with Crippen molar-refractivity contribution in [2.75, 3.05) is 0 Å². The van der Waals surface area contributed by atoms with E-state index in [0.29, 0.717) is 15.6 Å². The fourth-order valence-corrected chi connectivity index (χ4v) is 1.90. The third kappa shape index (κ3) is 2.65. The van der Waals surface area contributed by atoms with E-state index in [9.17, 15) is 4.79 Å². The van der Waals surface area contributed by atoms with Gasteiger partial charge in [-0.2, -0.15) is 0 Å². The maximum Gasteiger partial charge on any atom is 0.161 e. The first kappa shape index (κ1) is 12.1. The van der Waals surface area contributed by atoms with Crippen molar-refractivity contribution in [3.63, 3.8) is 0 Å². The molecule has 0 aliphatic carbocycles. The van der Waals surface area contributed by atoms with Gasteiger partial charge < -0.3 is 0 Å². The first-order valence-corrected chi connectivity index (χ1v) is 5.75. The summed E-state index contributed by atoms with van der Waals surface area (Å²) in [4.78, 5) is 15.3. The summed E-state index contributed by atoms with van der Waals surface area (Å²) in [5, 5.41) is 1.18. The monoisotopic (exact) mass is 265 g/mol. The highest BCUT2D eigenvalue weighted by Gasteiger charge is 2.07. The molecule has 2 rings (SSSR count). The number of halogens is 2. The summed E-state index contributed by atoms with van der Waals surface area (Å²) in [6.07, 6.45) is 3.19. The molecule has 17 heavy (non-hydrogen) atoms. The van der Waals surface area contributed by atoms with Crippen LogP contribution in [0.15, 0.2) is 36.7 Å². The third-order valence-electron chi connectivity index (χ3n) is 2.38. The van der Waals surface area contributed by atoms with E-state index in [1.807, 2.05) is 0 Å². The molecule has 0 fully saturated rings. The molecule has 0 radical (unpaired) electrons. The van der Waals surface area contributed by atoms with Crippen molar-refractivity contribution in [1.82, 2.24) is 4.98 Å². The summed E-state index contributed by atoms with van der Waals surface area (Å²) in [5.41, 5.74) is 2.11. The van der Waals surface area contributed by atoms with Crippen LogP contribution in [-0.4, -0.2) is 10.8 Å². The quantitative estimate of drug-likeness (QED) is 0.760. The lowest BCUT2D eigenvalue weighted by Gasteiger charge is -2.05. The minimum absolute atomic E-state index is 0.0301. The Hall–Kier alpha value is -1.38. The van der Waals surface area contributed by atoms with E-state index in [1.54, 1.807) is 30.5 Å². The Kier molecular flexibility index (Phi) is 3.46. The van der Waals surface area contributed by atoms with Gasteiger partial charge in [-0.3, -0.25) is 9.78 Å². The SMILES string of the molecule is CC(=O)c1cncc(-c2cc(Cl)ccc2Cl)c1. The van der Waals surface area contributed by atoms with Crippen LogP contribution in [0.2, 0.25) is 10.0 Å². The molecule has 0 unspecified atom stereocenters. The highest BCUT2D eigenvalue weighted by Crippen LogP contribution is 2.30. The summed E-state index contributed by atoms with van der Waals surface area (Å²) >= 11 is 12.0. The second-order valence-corrected chi connectivity index (χ2v) is 4.49. The van der Waals surface area contributed by atoms with Crippen molar-refractivity contribution in [2.24, 2.45) is 0 Å². The molecule has 0 N–H and O–H groups in total. The largest absolute Gasteiger partial charge is 0.294 e. The average molecular weight is 266 g/mol. The number of carbonyl (C=O) groups excluding carboxylic acids is 1. The van der Waals surface area contributed by atoms with Gasteiger partial charge in [0.25, 0.3) is 0 Å². The van der Waals surface area contributed by atoms with Gasteiger partial charge in [0, 0.05) is 39.1 Å². The standard InChI is InChI=1S/C13H9Cl2NO/c1-8(17)9-4-10(7-16-6-9)12-5-11(14)2-3-13(12)15/h2-7H,1H3. The van der Waals surface area contributed by atoms with Gasteiger partial charge in [0.05, 0.1) is 0 Å². The lowest BCUT2D eigenvalue weighted by molar-refractivity contribution is 0.101. The Labute approximate surface area is 109 Å². The van der Waals surface area contributed by atoms with Gasteiger partial charge in [0.2, 0.25) is 0 Å². The summed E-state index contributed by atoms with van der Waals surface area (Å²) in [7, 11) is 0. The van der Waals surface area contributed by atoms with Gasteiger partial charge in [-0.1, -0.05) is 23.2 Å². The zero-order valence-corrected chi connectivity index (χ0v) is 10.6. The number of pyridine rings is 1. The molecule has 0 bridgehead atoms. The molecular formula is C13H9Cl2NO. The molecule has 2 nitrogen and oxygen atoms in total. The van der Waals surface area contributed by atoms with E-state index in [-0.39, 0.29) is 5.78 Å². The second kappa shape index (κ2) is 4.86. The van der Waals surface area contributed by atoms with E-state index < -0.39 is 0 Å². The van der Waals surface area contributed by atoms with E-state index >= 15 is 0 Å². The Bertz CT molecular complexity index is 581. The first-order chi connectivity index (χ1) is 8.08. The number of rotatable bonds is 2. The van der Waals surface area contributed by atoms with Gasteiger partial charge in [0.15, 0.2) is 5.78 Å². The van der Waals surface area contributed by atoms with E-state index in [0.717, 1.165) is 11.1 Å². The zero-order valence-electron chi connectivity index (χ0n) is 9.08. The molecule has 0 aliphatic heterocycles. The van der Waals surface area contributed by atoms with Gasteiger partial charge in [0.1, 0.15) is 0 Å². The lowest BCUT2D eigenvalue weighted by atomic mass is 10.0. The van der Waals surface area contributed by atoms with Crippen LogP contribution in [-0.2, 0) is 0 Å². The van der Waals surface area contributed by atoms with Crippen molar-refractivity contribution in [3.8, 4) is 11.1 Å². The minimum Gasteiger partial charge on any atom is -0.294 e. The molecule has 0 aliphatic rings. The topological polar surface area (TPSA) is 30.0 Å². The number of nitrogens with zero attached hydrogens (tertiary/aromatic N) is 1. The highest BCUT2D eigenvalue weighted by atomic mass is 35.5. The Morgan fingerprint density at radius 1 is 1.18 bits per heavy atom. The summed E-state index contributed by atoms with van der Waals surface area (Å²) < 4.78 is 0. The summed E-state index contributed by atoms with van der Waals surface area (Å²) in [6, 6.07) is 6.95. The molecule has 4 heteroatoms. The maximum absolute atomic E-state index is 11.3. The lowest BCUT2D eigenvalue weighted by Crippen LogP contribution is -1.94. The molecule has 0 saturated heterocycles. The molecule has 1 aromatic carbocycles. The fraction of sp³-hybridized carbons (Fsp3) is 0.0769. The molecule has 0 spiro atoms. The van der Waals surface area contributed by atoms with Crippen LogP contribution in [0, 0.1) is 0 Å². The maximum atomic E-state index is 11.3. The predicted octanol–water partition coefficient (Wildman–Crippen LogP) is 4.26. The van der Waals surface area contributed by atoms with E-state index in [2.05, 4.69) is 4.98 Å². The number of carbonyl (C=O) groups is 1. The van der Waals surface area contributed by atoms with E-state index in [4.69, 9.17) is 23.2 Å². The first-order valence-electron chi connectivity index (χ1n) is 4.99. The normalized spacial score (nSPS) is 10.3. The Morgan fingerprint density at radius 2 is 1.94 bits per heavy atom. The number of hydrogen-bond acceptors (Lipinski definition) is 2. The van der Waals surface area contributed by atoms with Crippen LogP contribution in [0.1, 0.15) is 17.3 Å². The summed E-state index contributed by atoms with van der Waals surface area (Å²) in [5.74, 6) is -0.0301. The number of ketones is 1. The fourth-order valence-electron chi connectivity index (χ4n) is 1.50. The molecule has 0 atom stereocenters. The van der Waals surface area contributed by atoms with Crippen molar-refractivity contribution >= 4 is 29.0 Å². The van der Waals surface area contributed by atoms with Crippen LogP contribution in [0.3, 0.4) is 0 Å². The van der Waals surface area contributed by atoms with Crippen LogP contribution in [0.25, 0.3) is 11.1 Å². The highest BCUT2D eigenvalue weighted by molar-refractivity contribution is 6.35. The molecule has 86 valence electrons. The smallest absolute Gasteiger partial charge is 0.161 e. The molecule has 0 saturated carbocycles. The molecule has 1 aromatic heterocycles. The van der Waals surface area contributed by atoms with Crippen molar-refractivity contribution < 1.29 is 4.79 Å². The predicted molar refractivity (Wildman–Crippen MR) is 69.7 cm³/mol. The van der Waals surface area contributed by atoms with Crippen molar-refractivity contribution in [2.45, 2.75) is 6.92 Å². The third-order valence-corrected chi connectivity index (χ3v) is 2.95. The molecule has 0 amide bonds. The minimum atomic E-state index is -0.0301. The Balaban J connectivity index is 2.56. The number of Topliss-reactive ketones (excluding diaryl/α,β-unsaturated/α-hetero) is 1. The van der Waals surface area contributed by atoms with Crippen LogP contribution < -0.4 is 0 Å². The zero-order chi connectivity index (χ0) is 12.4. The van der Waals surface area contributed by atoms with E-state index in [1.165, 1.54) is 13.1 Å². The summed E-state index contributed by atoms with van der Waals surface area (Å²) in [6.45, 7) is 1.50. The molecular weight excluding hydrogens is 257 g/mol. The van der Waals surface area contributed by atoms with Crippen LogP contribution in [0.4, 0.5) is 0 Å². The van der Waals surface area contributed by atoms with Gasteiger partial charge in [-0.05, 0) is 31.2 Å². The molecule has 2 aromatic rings. The molecule has 1 heterocycles. The number of hydrogen-bond donors (Lipinski definition) is 0. The van der Waals surface area contributed by atoms with Gasteiger partial charge in [-0.25, -0.2) is 0 Å². The van der Waals surface area contributed by atoms with Gasteiger partial charge in [-0.15, -0.1) is 0 Å². The van der Waals surface area contributed by atoms with Crippen molar-refractivity contribution in [1.29, 1.82) is 0 Å². The average Bonchev–Trinajstić information content (AvgIpc) is 2.32. The van der Waals surface area contributed by atoms with Crippen LogP contribution in [0.5, 0.6) is 0 Å². The Morgan fingerprint density at radius 3 is 2.65 bits per heavy atom. The van der Waals surface area contributed by atoms with Crippen molar-refractivity contribution in [3.05, 3.63) is 52.3 Å². The second-order valence-electron chi connectivity index (χ2n) is 3.64. The number of aromatic nitrogens is 1. The van der Waals surface area contributed by atoms with Crippen LogP contribution >= 0.6 is 23.2 Å². The van der Waals surface area contributed by atoms with Gasteiger partial charge >= 0.3 is 0 Å².